The Morgan fingerprint density at radius 1 is 1.28 bits per heavy atom. The van der Waals surface area contributed by atoms with E-state index in [1.54, 1.807) is 23.1 Å². The highest BCUT2D eigenvalue weighted by Gasteiger charge is 2.37. The highest BCUT2D eigenvalue weighted by Crippen LogP contribution is 2.34. The maximum Gasteiger partial charge on any atom is 0.255 e. The summed E-state index contributed by atoms with van der Waals surface area (Å²) in [4.78, 5) is 28.0. The van der Waals surface area contributed by atoms with Crippen molar-refractivity contribution in [1.82, 2.24) is 9.88 Å². The maximum atomic E-state index is 14.0. The molecule has 0 bridgehead atoms. The number of carbonyl (C=O) groups excluding carboxylic acids is 1. The minimum absolute atomic E-state index is 0.114. The van der Waals surface area contributed by atoms with Gasteiger partial charge in [-0.25, -0.2) is 4.39 Å². The van der Waals surface area contributed by atoms with E-state index in [2.05, 4.69) is 4.98 Å². The number of carbonyl (C=O) groups is 1. The molecule has 0 spiro atoms. The molecule has 25 heavy (non-hydrogen) atoms. The summed E-state index contributed by atoms with van der Waals surface area (Å²) in [5.41, 5.74) is 0.131. The molecule has 6 heteroatoms. The third-order valence-electron chi connectivity index (χ3n) is 4.84. The molecular weight excluding hydrogens is 323 g/mol. The first-order valence-corrected chi connectivity index (χ1v) is 8.35. The Morgan fingerprint density at radius 3 is 2.76 bits per heavy atom. The number of hydrogen-bond donors (Lipinski definition) is 2. The predicted octanol–water partition coefficient (Wildman–Crippen LogP) is 1.97. The zero-order valence-corrected chi connectivity index (χ0v) is 13.9. The Morgan fingerprint density at radius 2 is 2.08 bits per heavy atom. The smallest absolute Gasteiger partial charge is 0.255 e. The van der Waals surface area contributed by atoms with Gasteiger partial charge < -0.3 is 15.0 Å². The van der Waals surface area contributed by atoms with Crippen LogP contribution in [0.25, 0.3) is 0 Å². The number of halogens is 1. The number of hydrogen-bond acceptors (Lipinski definition) is 3. The SMILES string of the molecule is O=C(c1ccc(=O)[nH]c1)N1CCC[C@](CO)(Cc2ccccc2F)C1. The average Bonchev–Trinajstić information content (AvgIpc) is 2.64. The summed E-state index contributed by atoms with van der Waals surface area (Å²) in [6.07, 6.45) is 3.25. The quantitative estimate of drug-likeness (QED) is 0.891. The van der Waals surface area contributed by atoms with Gasteiger partial charge in [-0.2, -0.15) is 0 Å². The zero-order valence-electron chi connectivity index (χ0n) is 13.9. The van der Waals surface area contributed by atoms with Crippen LogP contribution in [-0.2, 0) is 6.42 Å². The largest absolute Gasteiger partial charge is 0.396 e. The molecule has 0 unspecified atom stereocenters. The second kappa shape index (κ2) is 7.19. The van der Waals surface area contributed by atoms with Crippen molar-refractivity contribution in [3.05, 3.63) is 69.9 Å². The Bertz CT molecular complexity index is 800. The molecule has 1 aromatic heterocycles. The van der Waals surface area contributed by atoms with E-state index >= 15 is 0 Å². The summed E-state index contributed by atoms with van der Waals surface area (Å²) in [7, 11) is 0. The van der Waals surface area contributed by atoms with Gasteiger partial charge in [-0.3, -0.25) is 9.59 Å². The molecular formula is C19H21FN2O3. The van der Waals surface area contributed by atoms with E-state index in [0.29, 0.717) is 30.6 Å². The Hall–Kier alpha value is -2.47. The summed E-state index contributed by atoms with van der Waals surface area (Å²) in [5.74, 6) is -0.485. The lowest BCUT2D eigenvalue weighted by molar-refractivity contribution is 0.0268. The first kappa shape index (κ1) is 17.4. The number of aliphatic hydroxyl groups excluding tert-OH is 1. The molecule has 1 aliphatic heterocycles. The molecule has 1 amide bonds. The van der Waals surface area contributed by atoms with E-state index in [9.17, 15) is 19.1 Å². The number of nitrogens with one attached hydrogen (secondary N) is 1. The maximum absolute atomic E-state index is 14.0. The number of nitrogens with zero attached hydrogens (tertiary/aromatic N) is 1. The van der Waals surface area contributed by atoms with Crippen molar-refractivity contribution < 1.29 is 14.3 Å². The number of likely N-dealkylation sites (tertiary alicyclic amines) is 1. The molecule has 0 saturated carbocycles. The van der Waals surface area contributed by atoms with Crippen LogP contribution in [-0.4, -0.2) is 40.6 Å². The average molecular weight is 344 g/mol. The summed E-state index contributed by atoms with van der Waals surface area (Å²) in [6, 6.07) is 9.35. The second-order valence-electron chi connectivity index (χ2n) is 6.70. The first-order valence-electron chi connectivity index (χ1n) is 8.35. The molecule has 1 aromatic carbocycles. The van der Waals surface area contributed by atoms with E-state index in [0.717, 1.165) is 12.8 Å². The Labute approximate surface area is 145 Å². The van der Waals surface area contributed by atoms with E-state index in [1.165, 1.54) is 24.4 Å². The fraction of sp³-hybridized carbons (Fsp3) is 0.368. The van der Waals surface area contributed by atoms with E-state index < -0.39 is 5.41 Å². The van der Waals surface area contributed by atoms with Crippen LogP contribution in [0.1, 0.15) is 28.8 Å². The number of H-pyrrole nitrogens is 1. The van der Waals surface area contributed by atoms with Gasteiger partial charge in [-0.05, 0) is 37.0 Å². The zero-order chi connectivity index (χ0) is 17.9. The van der Waals surface area contributed by atoms with Crippen LogP contribution < -0.4 is 5.56 Å². The van der Waals surface area contributed by atoms with Crippen molar-refractivity contribution in [2.75, 3.05) is 19.7 Å². The lowest BCUT2D eigenvalue weighted by Gasteiger charge is -2.42. The molecule has 5 nitrogen and oxygen atoms in total. The van der Waals surface area contributed by atoms with Crippen molar-refractivity contribution >= 4 is 5.91 Å². The number of amides is 1. The highest BCUT2D eigenvalue weighted by molar-refractivity contribution is 5.94. The van der Waals surface area contributed by atoms with Gasteiger partial charge in [0.15, 0.2) is 0 Å². The number of piperidine rings is 1. The monoisotopic (exact) mass is 344 g/mol. The molecule has 2 N–H and O–H groups in total. The van der Waals surface area contributed by atoms with Gasteiger partial charge in [0.2, 0.25) is 5.56 Å². The predicted molar refractivity (Wildman–Crippen MR) is 91.8 cm³/mol. The third-order valence-corrected chi connectivity index (χ3v) is 4.84. The van der Waals surface area contributed by atoms with Crippen LogP contribution >= 0.6 is 0 Å². The topological polar surface area (TPSA) is 73.4 Å². The van der Waals surface area contributed by atoms with Crippen molar-refractivity contribution in [3.63, 3.8) is 0 Å². The highest BCUT2D eigenvalue weighted by atomic mass is 19.1. The van der Waals surface area contributed by atoms with Crippen LogP contribution in [0.4, 0.5) is 4.39 Å². The van der Waals surface area contributed by atoms with Crippen molar-refractivity contribution in [3.8, 4) is 0 Å². The lowest BCUT2D eigenvalue weighted by atomic mass is 9.75. The van der Waals surface area contributed by atoms with Gasteiger partial charge in [-0.1, -0.05) is 18.2 Å². The lowest BCUT2D eigenvalue weighted by Crippen LogP contribution is -2.49. The molecule has 0 aliphatic carbocycles. The van der Waals surface area contributed by atoms with Crippen molar-refractivity contribution in [1.29, 1.82) is 0 Å². The van der Waals surface area contributed by atoms with Gasteiger partial charge in [0, 0.05) is 30.8 Å². The molecule has 132 valence electrons. The third kappa shape index (κ3) is 3.79. The van der Waals surface area contributed by atoms with Crippen LogP contribution in [0.5, 0.6) is 0 Å². The molecule has 0 radical (unpaired) electrons. The molecule has 1 fully saturated rings. The normalized spacial score (nSPS) is 20.5. The Kier molecular flexibility index (Phi) is 4.99. The fourth-order valence-corrected chi connectivity index (χ4v) is 3.48. The molecule has 3 rings (SSSR count). The van der Waals surface area contributed by atoms with Gasteiger partial charge in [0.05, 0.1) is 12.2 Å². The van der Waals surface area contributed by atoms with Crippen LogP contribution in [0.2, 0.25) is 0 Å². The van der Waals surface area contributed by atoms with E-state index in [4.69, 9.17) is 0 Å². The number of aliphatic hydroxyl groups is 1. The number of rotatable bonds is 4. The van der Waals surface area contributed by atoms with Crippen LogP contribution in [0.15, 0.2) is 47.4 Å². The molecule has 2 heterocycles. The standard InChI is InChI=1S/C19H21FN2O3/c20-16-5-2-1-4-14(16)10-19(13-23)8-3-9-22(12-19)18(25)15-6-7-17(24)21-11-15/h1-2,4-7,11,23H,3,8-10,12-13H2,(H,21,24)/t19-/m0/s1. The van der Waals surface area contributed by atoms with E-state index in [-0.39, 0.29) is 23.9 Å². The van der Waals surface area contributed by atoms with Gasteiger partial charge in [-0.15, -0.1) is 0 Å². The van der Waals surface area contributed by atoms with Crippen molar-refractivity contribution in [2.24, 2.45) is 5.41 Å². The summed E-state index contributed by atoms with van der Waals surface area (Å²) in [5, 5.41) is 9.99. The number of pyridine rings is 1. The summed E-state index contributed by atoms with van der Waals surface area (Å²) in [6.45, 7) is 0.823. The van der Waals surface area contributed by atoms with Crippen LogP contribution in [0, 0.1) is 11.2 Å². The minimum atomic E-state index is -0.557. The molecule has 2 aromatic rings. The Balaban J connectivity index is 1.80. The summed E-state index contributed by atoms with van der Waals surface area (Å²) >= 11 is 0. The van der Waals surface area contributed by atoms with Gasteiger partial charge in [0.1, 0.15) is 5.82 Å². The summed E-state index contributed by atoms with van der Waals surface area (Å²) < 4.78 is 14.0. The number of aromatic nitrogens is 1. The second-order valence-corrected chi connectivity index (χ2v) is 6.70. The fourth-order valence-electron chi connectivity index (χ4n) is 3.48. The van der Waals surface area contributed by atoms with E-state index in [1.807, 2.05) is 0 Å². The minimum Gasteiger partial charge on any atom is -0.396 e. The number of aromatic amines is 1. The number of benzene rings is 1. The first-order chi connectivity index (χ1) is 12.0. The molecule has 1 aliphatic rings. The molecule has 1 saturated heterocycles. The van der Waals surface area contributed by atoms with Crippen molar-refractivity contribution in [2.45, 2.75) is 19.3 Å². The van der Waals surface area contributed by atoms with Gasteiger partial charge >= 0.3 is 0 Å². The van der Waals surface area contributed by atoms with Gasteiger partial charge in [0.25, 0.3) is 5.91 Å². The molecule has 1 atom stereocenters. The van der Waals surface area contributed by atoms with Crippen LogP contribution in [0.3, 0.4) is 0 Å².